The standard InChI is InChI=1S/C12H16BrNO2.ClH/c13-11-7-9(12(15)16)3-4-10(11)8-14-5-1-2-6-14;/h3-4,7,12,15-16H,1-2,5-6,8H2;1H. The summed E-state index contributed by atoms with van der Waals surface area (Å²) in [5.41, 5.74) is 1.73. The van der Waals surface area contributed by atoms with E-state index in [0.717, 1.165) is 24.1 Å². The van der Waals surface area contributed by atoms with Crippen LogP contribution in [0.3, 0.4) is 0 Å². The minimum absolute atomic E-state index is 0. The first-order valence-corrected chi connectivity index (χ1v) is 6.33. The van der Waals surface area contributed by atoms with Gasteiger partial charge in [0.25, 0.3) is 0 Å². The van der Waals surface area contributed by atoms with Gasteiger partial charge in [-0.15, -0.1) is 12.4 Å². The van der Waals surface area contributed by atoms with E-state index in [2.05, 4.69) is 20.8 Å². The first kappa shape index (κ1) is 14.9. The smallest absolute Gasteiger partial charge is 0.178 e. The van der Waals surface area contributed by atoms with Crippen LogP contribution >= 0.6 is 28.3 Å². The average molecular weight is 323 g/mol. The molecule has 1 fully saturated rings. The lowest BCUT2D eigenvalue weighted by Crippen LogP contribution is -2.18. The van der Waals surface area contributed by atoms with Crippen LogP contribution in [0.25, 0.3) is 0 Å². The predicted octanol–water partition coefficient (Wildman–Crippen LogP) is 2.45. The van der Waals surface area contributed by atoms with Crippen molar-refractivity contribution in [2.75, 3.05) is 13.1 Å². The van der Waals surface area contributed by atoms with Gasteiger partial charge in [-0.2, -0.15) is 0 Å². The van der Waals surface area contributed by atoms with Gasteiger partial charge in [-0.1, -0.05) is 28.1 Å². The molecule has 2 rings (SSSR count). The lowest BCUT2D eigenvalue weighted by atomic mass is 10.1. The molecule has 1 aliphatic heterocycles. The highest BCUT2D eigenvalue weighted by Crippen LogP contribution is 2.24. The zero-order chi connectivity index (χ0) is 11.5. The summed E-state index contributed by atoms with van der Waals surface area (Å²) in [5.74, 6) is 0. The summed E-state index contributed by atoms with van der Waals surface area (Å²) in [7, 11) is 0. The summed E-state index contributed by atoms with van der Waals surface area (Å²) in [4.78, 5) is 2.41. The molecule has 0 radical (unpaired) electrons. The quantitative estimate of drug-likeness (QED) is 0.840. The third-order valence-corrected chi connectivity index (χ3v) is 3.71. The number of rotatable bonds is 3. The molecule has 1 aromatic carbocycles. The third kappa shape index (κ3) is 3.93. The van der Waals surface area contributed by atoms with Gasteiger partial charge in [-0.3, -0.25) is 4.90 Å². The maximum absolute atomic E-state index is 9.05. The van der Waals surface area contributed by atoms with Gasteiger partial charge in [0.2, 0.25) is 0 Å². The van der Waals surface area contributed by atoms with Crippen LogP contribution in [0.2, 0.25) is 0 Å². The fourth-order valence-corrected chi connectivity index (χ4v) is 2.56. The van der Waals surface area contributed by atoms with Crippen LogP contribution < -0.4 is 0 Å². The van der Waals surface area contributed by atoms with Crippen LogP contribution in [0.4, 0.5) is 0 Å². The molecule has 96 valence electrons. The first-order valence-electron chi connectivity index (χ1n) is 5.53. The molecule has 0 atom stereocenters. The zero-order valence-electron chi connectivity index (χ0n) is 9.47. The van der Waals surface area contributed by atoms with Crippen LogP contribution in [-0.4, -0.2) is 28.2 Å². The number of halogens is 2. The Labute approximate surface area is 116 Å². The van der Waals surface area contributed by atoms with Crippen LogP contribution in [0.5, 0.6) is 0 Å². The zero-order valence-corrected chi connectivity index (χ0v) is 11.9. The highest BCUT2D eigenvalue weighted by Gasteiger charge is 2.14. The predicted molar refractivity (Wildman–Crippen MR) is 73.1 cm³/mol. The number of likely N-dealkylation sites (tertiary alicyclic amines) is 1. The van der Waals surface area contributed by atoms with Crippen LogP contribution in [-0.2, 0) is 6.54 Å². The Bertz CT molecular complexity index is 368. The number of nitrogens with zero attached hydrogens (tertiary/aromatic N) is 1. The molecular weight excluding hydrogens is 305 g/mol. The first-order chi connectivity index (χ1) is 7.66. The van der Waals surface area contributed by atoms with Gasteiger partial charge in [-0.25, -0.2) is 0 Å². The SMILES string of the molecule is Cl.OC(O)c1ccc(CN2CCCC2)c(Br)c1. The minimum atomic E-state index is -1.39. The van der Waals surface area contributed by atoms with E-state index in [1.54, 1.807) is 12.1 Å². The molecule has 0 unspecified atom stereocenters. The van der Waals surface area contributed by atoms with Gasteiger partial charge in [0, 0.05) is 16.6 Å². The second kappa shape index (κ2) is 6.71. The molecule has 0 spiro atoms. The van der Waals surface area contributed by atoms with Gasteiger partial charge in [0.1, 0.15) is 0 Å². The molecule has 3 nitrogen and oxygen atoms in total. The lowest BCUT2D eigenvalue weighted by Gasteiger charge is -2.16. The van der Waals surface area contributed by atoms with E-state index in [9.17, 15) is 0 Å². The number of benzene rings is 1. The summed E-state index contributed by atoms with van der Waals surface area (Å²) < 4.78 is 0.949. The summed E-state index contributed by atoms with van der Waals surface area (Å²) >= 11 is 3.47. The molecule has 1 heterocycles. The number of aliphatic hydroxyl groups excluding tert-OH is 1. The second-order valence-electron chi connectivity index (χ2n) is 4.21. The fraction of sp³-hybridized carbons (Fsp3) is 0.500. The highest BCUT2D eigenvalue weighted by molar-refractivity contribution is 9.10. The maximum atomic E-state index is 9.05. The van der Waals surface area contributed by atoms with Crippen LogP contribution in [0.1, 0.15) is 30.3 Å². The van der Waals surface area contributed by atoms with E-state index in [-0.39, 0.29) is 12.4 Å². The van der Waals surface area contributed by atoms with Gasteiger partial charge in [-0.05, 0) is 37.6 Å². The molecule has 1 aliphatic rings. The largest absolute Gasteiger partial charge is 0.364 e. The molecule has 0 saturated carbocycles. The Hall–Kier alpha value is -0.130. The summed E-state index contributed by atoms with van der Waals surface area (Å²) in [6.45, 7) is 3.26. The molecule has 5 heteroatoms. The molecule has 1 aromatic rings. The summed E-state index contributed by atoms with van der Waals surface area (Å²) in [6, 6.07) is 5.49. The van der Waals surface area contributed by atoms with Crippen molar-refractivity contribution < 1.29 is 10.2 Å². The van der Waals surface area contributed by atoms with E-state index < -0.39 is 6.29 Å². The second-order valence-corrected chi connectivity index (χ2v) is 5.06. The Kier molecular flexibility index (Phi) is 5.89. The fourth-order valence-electron chi connectivity index (χ4n) is 2.03. The van der Waals surface area contributed by atoms with Crippen molar-refractivity contribution in [2.45, 2.75) is 25.7 Å². The molecule has 0 aliphatic carbocycles. The van der Waals surface area contributed by atoms with Crippen molar-refractivity contribution in [2.24, 2.45) is 0 Å². The number of hydrogen-bond acceptors (Lipinski definition) is 3. The molecule has 0 aromatic heterocycles. The molecule has 17 heavy (non-hydrogen) atoms. The molecular formula is C12H17BrClNO2. The van der Waals surface area contributed by atoms with E-state index in [4.69, 9.17) is 10.2 Å². The number of aliphatic hydroxyl groups is 2. The Balaban J connectivity index is 0.00000144. The normalized spacial score (nSPS) is 16.2. The molecule has 2 N–H and O–H groups in total. The van der Waals surface area contributed by atoms with Crippen molar-refractivity contribution >= 4 is 28.3 Å². The Morgan fingerprint density at radius 3 is 2.41 bits per heavy atom. The third-order valence-electron chi connectivity index (χ3n) is 2.97. The van der Waals surface area contributed by atoms with Crippen molar-refractivity contribution in [3.8, 4) is 0 Å². The van der Waals surface area contributed by atoms with Crippen molar-refractivity contribution in [1.82, 2.24) is 4.90 Å². The van der Waals surface area contributed by atoms with Crippen LogP contribution in [0, 0.1) is 0 Å². The number of hydrogen-bond donors (Lipinski definition) is 2. The van der Waals surface area contributed by atoms with E-state index in [0.29, 0.717) is 5.56 Å². The van der Waals surface area contributed by atoms with E-state index in [1.165, 1.54) is 18.4 Å². The summed E-state index contributed by atoms with van der Waals surface area (Å²) in [6.07, 6.45) is 1.17. The van der Waals surface area contributed by atoms with E-state index in [1.807, 2.05) is 6.07 Å². The van der Waals surface area contributed by atoms with Gasteiger partial charge in [0.15, 0.2) is 6.29 Å². The van der Waals surface area contributed by atoms with Gasteiger partial charge < -0.3 is 10.2 Å². The van der Waals surface area contributed by atoms with Crippen molar-refractivity contribution in [3.63, 3.8) is 0 Å². The lowest BCUT2D eigenvalue weighted by molar-refractivity contribution is -0.0425. The monoisotopic (exact) mass is 321 g/mol. The van der Waals surface area contributed by atoms with Crippen molar-refractivity contribution in [1.29, 1.82) is 0 Å². The Morgan fingerprint density at radius 2 is 1.88 bits per heavy atom. The molecule has 1 saturated heterocycles. The summed E-state index contributed by atoms with van der Waals surface area (Å²) in [5, 5.41) is 18.1. The average Bonchev–Trinajstić information content (AvgIpc) is 2.73. The molecule has 0 amide bonds. The van der Waals surface area contributed by atoms with E-state index >= 15 is 0 Å². The maximum Gasteiger partial charge on any atom is 0.178 e. The molecule has 0 bridgehead atoms. The minimum Gasteiger partial charge on any atom is -0.364 e. The van der Waals surface area contributed by atoms with Crippen LogP contribution in [0.15, 0.2) is 22.7 Å². The van der Waals surface area contributed by atoms with Gasteiger partial charge >= 0.3 is 0 Å². The Morgan fingerprint density at radius 1 is 1.24 bits per heavy atom. The van der Waals surface area contributed by atoms with Crippen molar-refractivity contribution in [3.05, 3.63) is 33.8 Å². The van der Waals surface area contributed by atoms with Gasteiger partial charge in [0.05, 0.1) is 0 Å². The highest BCUT2D eigenvalue weighted by atomic mass is 79.9. The topological polar surface area (TPSA) is 43.7 Å².